The van der Waals surface area contributed by atoms with Gasteiger partial charge in [-0.15, -0.1) is 11.3 Å². The smallest absolute Gasteiger partial charge is 0.278 e. The van der Waals surface area contributed by atoms with Crippen molar-refractivity contribution < 1.29 is 27.9 Å². The Hall–Kier alpha value is -3.25. The van der Waals surface area contributed by atoms with Gasteiger partial charge in [-0.3, -0.25) is 24.0 Å². The summed E-state index contributed by atoms with van der Waals surface area (Å²) in [7, 11) is -1.63. The van der Waals surface area contributed by atoms with Gasteiger partial charge in [-0.2, -0.15) is 0 Å². The lowest BCUT2D eigenvalue weighted by Gasteiger charge is -2.28. The van der Waals surface area contributed by atoms with E-state index in [9.17, 15) is 27.9 Å². The standard InChI is InChI=1S/C19H20N4O6S2.C2H6/c1-10-9-21-19(30-10)22-18(27)16-17(26)12-5-4-11(13(24)6-7-15(25)20-2)8-14(12)31(28,29)23(16)3;1-2/h4-5,8-9,26H,6-7H2,1-3H3,(H,20,25)(H,21,22,27);1-2H3. The van der Waals surface area contributed by atoms with Gasteiger partial charge in [-0.1, -0.05) is 19.9 Å². The number of benzene rings is 1. The van der Waals surface area contributed by atoms with Crippen LogP contribution in [0.15, 0.2) is 35.0 Å². The number of carbonyl (C=O) groups excluding carboxylic acids is 3. The lowest BCUT2D eigenvalue weighted by atomic mass is 10.0. The maximum Gasteiger partial charge on any atom is 0.278 e. The number of ketones is 1. The number of nitrogens with one attached hydrogen (secondary N) is 2. The van der Waals surface area contributed by atoms with Crippen LogP contribution in [0, 0.1) is 6.92 Å². The van der Waals surface area contributed by atoms with Crippen LogP contribution < -0.4 is 10.6 Å². The normalized spacial score (nSPS) is 14.0. The van der Waals surface area contributed by atoms with E-state index in [1.165, 1.54) is 30.5 Å². The Labute approximate surface area is 196 Å². The van der Waals surface area contributed by atoms with E-state index >= 15 is 0 Å². The Morgan fingerprint density at radius 3 is 2.42 bits per heavy atom. The van der Waals surface area contributed by atoms with Gasteiger partial charge in [0.05, 0.1) is 4.90 Å². The number of hydrogen-bond donors (Lipinski definition) is 3. The summed E-state index contributed by atoms with van der Waals surface area (Å²) in [6.07, 6.45) is 1.41. The van der Waals surface area contributed by atoms with E-state index in [1.807, 2.05) is 13.8 Å². The molecule has 1 aliphatic heterocycles. The highest BCUT2D eigenvalue weighted by molar-refractivity contribution is 7.89. The summed E-state index contributed by atoms with van der Waals surface area (Å²) >= 11 is 1.20. The zero-order valence-electron chi connectivity index (χ0n) is 18.9. The molecule has 0 spiro atoms. The molecule has 178 valence electrons. The minimum atomic E-state index is -4.22. The lowest BCUT2D eigenvalue weighted by molar-refractivity contribution is -0.120. The minimum Gasteiger partial charge on any atom is -0.505 e. The second kappa shape index (κ2) is 10.6. The Balaban J connectivity index is 0.00000187. The van der Waals surface area contributed by atoms with E-state index < -0.39 is 33.2 Å². The number of amides is 2. The van der Waals surface area contributed by atoms with Crippen LogP contribution in [-0.4, -0.2) is 54.5 Å². The second-order valence-corrected chi connectivity index (χ2v) is 9.88. The summed E-state index contributed by atoms with van der Waals surface area (Å²) in [5.74, 6) is -2.11. The van der Waals surface area contributed by atoms with Gasteiger partial charge >= 0.3 is 0 Å². The predicted octanol–water partition coefficient (Wildman–Crippen LogP) is 2.69. The number of Topliss-reactive ketones (excluding diaryl/α,β-unsaturated/α-hetero) is 1. The number of hydrogen-bond acceptors (Lipinski definition) is 8. The molecule has 2 heterocycles. The van der Waals surface area contributed by atoms with Gasteiger partial charge in [0, 0.05) is 49.1 Å². The van der Waals surface area contributed by atoms with Crippen molar-refractivity contribution in [1.82, 2.24) is 14.6 Å². The number of anilines is 1. The number of sulfonamides is 1. The van der Waals surface area contributed by atoms with Crippen molar-refractivity contribution in [3.05, 3.63) is 46.1 Å². The molecule has 0 unspecified atom stereocenters. The maximum absolute atomic E-state index is 13.0. The molecular formula is C21H26N4O6S2. The van der Waals surface area contributed by atoms with Crippen LogP contribution in [0.4, 0.5) is 5.13 Å². The molecule has 0 saturated carbocycles. The van der Waals surface area contributed by atoms with Gasteiger partial charge in [-0.25, -0.2) is 13.4 Å². The van der Waals surface area contributed by atoms with Crippen LogP contribution in [0.3, 0.4) is 0 Å². The Kier molecular flexibility index (Phi) is 8.34. The van der Waals surface area contributed by atoms with Gasteiger partial charge in [0.15, 0.2) is 22.4 Å². The number of carbonyl (C=O) groups is 3. The van der Waals surface area contributed by atoms with Crippen LogP contribution in [0.2, 0.25) is 0 Å². The highest BCUT2D eigenvalue weighted by atomic mass is 32.2. The molecule has 1 aromatic carbocycles. The van der Waals surface area contributed by atoms with Crippen molar-refractivity contribution in [1.29, 1.82) is 0 Å². The number of likely N-dealkylation sites (N-methyl/N-ethyl adjacent to an activating group) is 1. The number of nitrogens with zero attached hydrogens (tertiary/aromatic N) is 2. The third kappa shape index (κ3) is 5.40. The summed E-state index contributed by atoms with van der Waals surface area (Å²) < 4.78 is 26.7. The summed E-state index contributed by atoms with van der Waals surface area (Å²) in [6, 6.07) is 3.76. The largest absolute Gasteiger partial charge is 0.505 e. The van der Waals surface area contributed by atoms with Crippen molar-refractivity contribution in [3.63, 3.8) is 0 Å². The van der Waals surface area contributed by atoms with Crippen molar-refractivity contribution in [3.8, 4) is 0 Å². The van der Waals surface area contributed by atoms with Gasteiger partial charge in [0.1, 0.15) is 0 Å². The molecule has 1 aromatic heterocycles. The van der Waals surface area contributed by atoms with E-state index in [-0.39, 0.29) is 39.9 Å². The number of rotatable bonds is 6. The SMILES string of the molecule is CC.CNC(=O)CCC(=O)c1ccc2c(c1)S(=O)(=O)N(C)C(C(=O)Nc1ncc(C)s1)=C2O. The first-order valence-electron chi connectivity index (χ1n) is 10.1. The van der Waals surface area contributed by atoms with E-state index in [1.54, 1.807) is 13.1 Å². The molecule has 12 heteroatoms. The average Bonchev–Trinajstić information content (AvgIpc) is 3.21. The second-order valence-electron chi connectivity index (χ2n) is 6.71. The Morgan fingerprint density at radius 2 is 1.85 bits per heavy atom. The topological polar surface area (TPSA) is 146 Å². The third-order valence-electron chi connectivity index (χ3n) is 4.65. The fourth-order valence-electron chi connectivity index (χ4n) is 2.97. The van der Waals surface area contributed by atoms with Gasteiger partial charge in [-0.05, 0) is 19.1 Å². The maximum atomic E-state index is 13.0. The van der Waals surface area contributed by atoms with E-state index in [0.717, 1.165) is 18.0 Å². The van der Waals surface area contributed by atoms with E-state index in [2.05, 4.69) is 15.6 Å². The average molecular weight is 495 g/mol. The summed E-state index contributed by atoms with van der Waals surface area (Å²) in [5, 5.41) is 15.8. The molecule has 10 nitrogen and oxygen atoms in total. The molecule has 2 aromatic rings. The first kappa shape index (κ1) is 26.0. The number of aryl methyl sites for hydroxylation is 1. The summed E-state index contributed by atoms with van der Waals surface area (Å²) in [4.78, 5) is 40.9. The molecule has 0 fully saturated rings. The number of fused-ring (bicyclic) bond motifs is 1. The fourth-order valence-corrected chi connectivity index (χ4v) is 5.05. The number of thiazole rings is 1. The molecule has 0 aliphatic carbocycles. The number of aliphatic hydroxyl groups is 1. The Morgan fingerprint density at radius 1 is 1.18 bits per heavy atom. The molecule has 1 aliphatic rings. The monoisotopic (exact) mass is 494 g/mol. The Bertz CT molecular complexity index is 1220. The first-order valence-corrected chi connectivity index (χ1v) is 12.4. The van der Waals surface area contributed by atoms with Crippen molar-refractivity contribution in [2.24, 2.45) is 0 Å². The lowest BCUT2D eigenvalue weighted by Crippen LogP contribution is -2.37. The molecule has 3 N–H and O–H groups in total. The molecule has 0 saturated heterocycles. The van der Waals surface area contributed by atoms with Crippen molar-refractivity contribution in [2.75, 3.05) is 19.4 Å². The van der Waals surface area contributed by atoms with Crippen LogP contribution in [0.5, 0.6) is 0 Å². The number of aliphatic hydroxyl groups excluding tert-OH is 1. The minimum absolute atomic E-state index is 0.0369. The van der Waals surface area contributed by atoms with Gasteiger partial charge in [0.2, 0.25) is 5.91 Å². The number of aromatic nitrogens is 1. The van der Waals surface area contributed by atoms with Crippen LogP contribution in [0.25, 0.3) is 5.76 Å². The molecule has 3 rings (SSSR count). The van der Waals surface area contributed by atoms with E-state index in [4.69, 9.17) is 0 Å². The molecule has 33 heavy (non-hydrogen) atoms. The van der Waals surface area contributed by atoms with Crippen molar-refractivity contribution in [2.45, 2.75) is 38.5 Å². The third-order valence-corrected chi connectivity index (χ3v) is 7.28. The quantitative estimate of drug-likeness (QED) is 0.523. The zero-order valence-corrected chi connectivity index (χ0v) is 20.6. The summed E-state index contributed by atoms with van der Waals surface area (Å²) in [5.41, 5.74) is -0.473. The molecule has 2 amide bonds. The first-order chi connectivity index (χ1) is 15.6. The molecule has 0 radical (unpaired) electrons. The van der Waals surface area contributed by atoms with Gasteiger partial charge in [0.25, 0.3) is 15.9 Å². The van der Waals surface area contributed by atoms with Crippen molar-refractivity contribution >= 4 is 49.8 Å². The highest BCUT2D eigenvalue weighted by Crippen LogP contribution is 2.36. The van der Waals surface area contributed by atoms with Crippen LogP contribution in [-0.2, 0) is 19.6 Å². The zero-order chi connectivity index (χ0) is 24.9. The van der Waals surface area contributed by atoms with Gasteiger partial charge < -0.3 is 10.4 Å². The van der Waals surface area contributed by atoms with Crippen LogP contribution in [0.1, 0.15) is 47.5 Å². The van der Waals surface area contributed by atoms with E-state index in [0.29, 0.717) is 4.31 Å². The van der Waals surface area contributed by atoms with Crippen LogP contribution >= 0.6 is 11.3 Å². The molecular weight excluding hydrogens is 468 g/mol. The fraction of sp³-hybridized carbons (Fsp3) is 0.333. The molecule has 0 bridgehead atoms. The predicted molar refractivity (Wildman–Crippen MR) is 125 cm³/mol. The highest BCUT2D eigenvalue weighted by Gasteiger charge is 2.38. The summed E-state index contributed by atoms with van der Waals surface area (Å²) in [6.45, 7) is 5.80. The molecule has 0 atom stereocenters.